The van der Waals surface area contributed by atoms with Crippen molar-refractivity contribution >= 4 is 0 Å². The maximum absolute atomic E-state index is 3.50. The Labute approximate surface area is 85.3 Å². The third kappa shape index (κ3) is 2.86. The zero-order valence-electron chi connectivity index (χ0n) is 8.55. The lowest BCUT2D eigenvalue weighted by atomic mass is 9.98. The van der Waals surface area contributed by atoms with Crippen molar-refractivity contribution in [2.45, 2.75) is 19.4 Å². The Morgan fingerprint density at radius 3 is 2.93 bits per heavy atom. The average Bonchev–Trinajstić information content (AvgIpc) is 2.72. The summed E-state index contributed by atoms with van der Waals surface area (Å²) in [6.07, 6.45) is 4.61. The maximum atomic E-state index is 3.50. The van der Waals surface area contributed by atoms with E-state index in [1.807, 2.05) is 12.3 Å². The van der Waals surface area contributed by atoms with Gasteiger partial charge in [0.25, 0.3) is 0 Å². The van der Waals surface area contributed by atoms with Crippen molar-refractivity contribution in [2.24, 2.45) is 5.92 Å². The minimum absolute atomic E-state index is 0.867. The van der Waals surface area contributed by atoms with Gasteiger partial charge in [0.1, 0.15) is 0 Å². The molecule has 0 bridgehead atoms. The molecule has 1 aromatic rings. The van der Waals surface area contributed by atoms with Crippen LogP contribution >= 0.6 is 0 Å². The Hall–Kier alpha value is -0.800. The van der Waals surface area contributed by atoms with Crippen molar-refractivity contribution in [2.75, 3.05) is 19.6 Å². The van der Waals surface area contributed by atoms with E-state index in [4.69, 9.17) is 0 Å². The van der Waals surface area contributed by atoms with Gasteiger partial charge in [-0.15, -0.1) is 0 Å². The van der Waals surface area contributed by atoms with Crippen molar-refractivity contribution in [1.82, 2.24) is 15.6 Å². The van der Waals surface area contributed by atoms with Gasteiger partial charge < -0.3 is 15.6 Å². The number of rotatable bonds is 4. The van der Waals surface area contributed by atoms with Gasteiger partial charge in [-0.05, 0) is 50.5 Å². The lowest BCUT2D eigenvalue weighted by Crippen LogP contribution is -2.33. The van der Waals surface area contributed by atoms with Crippen LogP contribution in [0.3, 0.4) is 0 Å². The highest BCUT2D eigenvalue weighted by atomic mass is 14.9. The van der Waals surface area contributed by atoms with E-state index in [1.165, 1.54) is 31.6 Å². The Balaban J connectivity index is 1.62. The van der Waals surface area contributed by atoms with E-state index in [9.17, 15) is 0 Å². The number of nitrogens with one attached hydrogen (secondary N) is 3. The monoisotopic (exact) mass is 193 g/mol. The molecule has 0 aliphatic carbocycles. The van der Waals surface area contributed by atoms with Crippen LogP contribution in [0.25, 0.3) is 0 Å². The summed E-state index contributed by atoms with van der Waals surface area (Å²) in [5.41, 5.74) is 1.28. The molecular formula is C11H19N3. The molecule has 0 spiro atoms. The number of H-pyrrole nitrogens is 1. The van der Waals surface area contributed by atoms with Crippen LogP contribution in [-0.4, -0.2) is 24.6 Å². The van der Waals surface area contributed by atoms with Gasteiger partial charge in [-0.1, -0.05) is 0 Å². The third-order valence-electron chi connectivity index (χ3n) is 2.87. The molecule has 0 saturated carbocycles. The Morgan fingerprint density at radius 1 is 1.36 bits per heavy atom. The largest absolute Gasteiger partial charge is 0.364 e. The van der Waals surface area contributed by atoms with E-state index >= 15 is 0 Å². The molecule has 0 radical (unpaired) electrons. The minimum atomic E-state index is 0.867. The summed E-state index contributed by atoms with van der Waals surface area (Å²) in [5.74, 6) is 0.867. The zero-order valence-corrected chi connectivity index (χ0v) is 8.55. The lowest BCUT2D eigenvalue weighted by molar-refractivity contribution is 0.356. The summed E-state index contributed by atoms with van der Waals surface area (Å²) in [6, 6.07) is 4.16. The fraction of sp³-hybridized carbons (Fsp3) is 0.636. The molecule has 14 heavy (non-hydrogen) atoms. The molecule has 2 heterocycles. The molecule has 0 amide bonds. The van der Waals surface area contributed by atoms with Gasteiger partial charge >= 0.3 is 0 Å². The van der Waals surface area contributed by atoms with Crippen molar-refractivity contribution in [3.63, 3.8) is 0 Å². The van der Waals surface area contributed by atoms with Crippen LogP contribution in [0.15, 0.2) is 18.3 Å². The lowest BCUT2D eigenvalue weighted by Gasteiger charge is -2.22. The first kappa shape index (κ1) is 9.74. The highest BCUT2D eigenvalue weighted by Crippen LogP contribution is 2.09. The van der Waals surface area contributed by atoms with Crippen LogP contribution < -0.4 is 10.6 Å². The van der Waals surface area contributed by atoms with E-state index in [2.05, 4.69) is 21.7 Å². The Bertz CT molecular complexity index is 237. The normalized spacial score (nSPS) is 18.6. The summed E-state index contributed by atoms with van der Waals surface area (Å²) in [6.45, 7) is 4.50. The van der Waals surface area contributed by atoms with Crippen LogP contribution in [0.4, 0.5) is 0 Å². The summed E-state index contributed by atoms with van der Waals surface area (Å²) < 4.78 is 0. The topological polar surface area (TPSA) is 39.9 Å². The highest BCUT2D eigenvalue weighted by Gasteiger charge is 2.11. The number of hydrogen-bond donors (Lipinski definition) is 3. The van der Waals surface area contributed by atoms with E-state index in [0.717, 1.165) is 19.0 Å². The molecule has 3 heteroatoms. The molecule has 0 aromatic carbocycles. The Morgan fingerprint density at radius 2 is 2.21 bits per heavy atom. The van der Waals surface area contributed by atoms with E-state index in [-0.39, 0.29) is 0 Å². The SMILES string of the molecule is c1c[nH]c(CNCC2CCNCC2)c1. The van der Waals surface area contributed by atoms with Crippen LogP contribution in [0, 0.1) is 5.92 Å². The molecule has 1 aliphatic heterocycles. The molecule has 0 unspecified atom stereocenters. The summed E-state index contributed by atoms with van der Waals surface area (Å²) in [4.78, 5) is 3.20. The Kier molecular flexibility index (Phi) is 3.60. The summed E-state index contributed by atoms with van der Waals surface area (Å²) >= 11 is 0. The second kappa shape index (κ2) is 5.17. The second-order valence-electron chi connectivity index (χ2n) is 4.02. The standard InChI is InChI=1S/C11H19N3/c1-2-11(14-5-1)9-13-8-10-3-6-12-7-4-10/h1-2,5,10,12-14H,3-4,6-9H2. The summed E-state index contributed by atoms with van der Waals surface area (Å²) in [7, 11) is 0. The van der Waals surface area contributed by atoms with Gasteiger partial charge in [0.15, 0.2) is 0 Å². The third-order valence-corrected chi connectivity index (χ3v) is 2.87. The van der Waals surface area contributed by atoms with Crippen LogP contribution in [-0.2, 0) is 6.54 Å². The van der Waals surface area contributed by atoms with E-state index in [0.29, 0.717) is 0 Å². The fourth-order valence-electron chi connectivity index (χ4n) is 1.97. The highest BCUT2D eigenvalue weighted by molar-refractivity contribution is 5.02. The quantitative estimate of drug-likeness (QED) is 0.670. The number of hydrogen-bond acceptors (Lipinski definition) is 2. The number of aromatic nitrogens is 1. The predicted octanol–water partition coefficient (Wildman–Crippen LogP) is 1.10. The first-order valence-corrected chi connectivity index (χ1v) is 5.49. The number of aromatic amines is 1. The minimum Gasteiger partial charge on any atom is -0.364 e. The van der Waals surface area contributed by atoms with Crippen LogP contribution in [0.1, 0.15) is 18.5 Å². The van der Waals surface area contributed by atoms with E-state index < -0.39 is 0 Å². The molecular weight excluding hydrogens is 174 g/mol. The zero-order chi connectivity index (χ0) is 9.64. The van der Waals surface area contributed by atoms with E-state index in [1.54, 1.807) is 0 Å². The van der Waals surface area contributed by atoms with Crippen molar-refractivity contribution in [3.05, 3.63) is 24.0 Å². The molecule has 3 nitrogen and oxygen atoms in total. The molecule has 78 valence electrons. The average molecular weight is 193 g/mol. The second-order valence-corrected chi connectivity index (χ2v) is 4.02. The van der Waals surface area contributed by atoms with Gasteiger partial charge in [0.2, 0.25) is 0 Å². The molecule has 1 aliphatic rings. The molecule has 1 saturated heterocycles. The smallest absolute Gasteiger partial charge is 0.0357 e. The van der Waals surface area contributed by atoms with Crippen molar-refractivity contribution in [1.29, 1.82) is 0 Å². The first-order valence-electron chi connectivity index (χ1n) is 5.49. The maximum Gasteiger partial charge on any atom is 0.0357 e. The van der Waals surface area contributed by atoms with Crippen LogP contribution in [0.5, 0.6) is 0 Å². The van der Waals surface area contributed by atoms with Gasteiger partial charge in [-0.25, -0.2) is 0 Å². The van der Waals surface area contributed by atoms with Crippen molar-refractivity contribution in [3.8, 4) is 0 Å². The first-order chi connectivity index (χ1) is 6.95. The van der Waals surface area contributed by atoms with Gasteiger partial charge in [-0.2, -0.15) is 0 Å². The molecule has 3 N–H and O–H groups in total. The molecule has 1 aromatic heterocycles. The van der Waals surface area contributed by atoms with Crippen LogP contribution in [0.2, 0.25) is 0 Å². The predicted molar refractivity (Wildman–Crippen MR) is 58.1 cm³/mol. The van der Waals surface area contributed by atoms with Gasteiger partial charge in [-0.3, -0.25) is 0 Å². The molecule has 2 rings (SSSR count). The molecule has 0 atom stereocenters. The van der Waals surface area contributed by atoms with Gasteiger partial charge in [0.05, 0.1) is 0 Å². The molecule has 1 fully saturated rings. The fourth-order valence-corrected chi connectivity index (χ4v) is 1.97. The van der Waals surface area contributed by atoms with Crippen molar-refractivity contribution < 1.29 is 0 Å². The van der Waals surface area contributed by atoms with Gasteiger partial charge in [0, 0.05) is 18.4 Å². The number of piperidine rings is 1. The summed E-state index contributed by atoms with van der Waals surface area (Å²) in [5, 5.41) is 6.88.